The van der Waals surface area contributed by atoms with Gasteiger partial charge < -0.3 is 25.1 Å². The lowest BCUT2D eigenvalue weighted by atomic mass is 10.2. The molecule has 13 heteroatoms. The number of rotatable bonds is 7. The highest BCUT2D eigenvalue weighted by Crippen LogP contribution is 2.40. The fourth-order valence-electron chi connectivity index (χ4n) is 3.68. The van der Waals surface area contributed by atoms with E-state index in [9.17, 15) is 26.7 Å². The second-order valence-corrected chi connectivity index (χ2v) is 7.79. The number of anilines is 1. The third-order valence-electron chi connectivity index (χ3n) is 5.35. The van der Waals surface area contributed by atoms with Crippen molar-refractivity contribution < 1.29 is 36.2 Å². The third kappa shape index (κ3) is 5.98. The zero-order valence-corrected chi connectivity index (χ0v) is 18.3. The van der Waals surface area contributed by atoms with E-state index in [1.54, 1.807) is 0 Å². The summed E-state index contributed by atoms with van der Waals surface area (Å²) in [7, 11) is 0. The Hall–Kier alpha value is -3.45. The number of urea groups is 1. The summed E-state index contributed by atoms with van der Waals surface area (Å²) in [5, 5.41) is 4.46. The molecule has 1 aromatic carbocycles. The Morgan fingerprint density at radius 3 is 2.60 bits per heavy atom. The highest BCUT2D eigenvalue weighted by Gasteiger charge is 2.35. The second kappa shape index (κ2) is 10.4. The Bertz CT molecular complexity index is 1170. The first kappa shape index (κ1) is 24.7. The van der Waals surface area contributed by atoms with Crippen LogP contribution in [0.2, 0.25) is 0 Å². The van der Waals surface area contributed by atoms with Crippen LogP contribution in [0.1, 0.15) is 12.0 Å². The van der Waals surface area contributed by atoms with Gasteiger partial charge in [-0.3, -0.25) is 4.90 Å². The average Bonchev–Trinajstić information content (AvgIpc) is 3.26. The molecule has 0 unspecified atom stereocenters. The SMILES string of the molecule is O=C(NCCCN1CCOCC1)Nc1cc(F)c(Oc2ccnc3[nH]cc(C(F)(F)F)c23)c(F)c1. The minimum atomic E-state index is -4.74. The van der Waals surface area contributed by atoms with Gasteiger partial charge in [0.2, 0.25) is 0 Å². The maximum atomic E-state index is 14.6. The predicted molar refractivity (Wildman–Crippen MR) is 116 cm³/mol. The fraction of sp³-hybridized carbons (Fsp3) is 0.364. The number of nitrogens with one attached hydrogen (secondary N) is 3. The van der Waals surface area contributed by atoms with Crippen molar-refractivity contribution in [2.24, 2.45) is 0 Å². The lowest BCUT2D eigenvalue weighted by Crippen LogP contribution is -2.38. The summed E-state index contributed by atoms with van der Waals surface area (Å²) in [6.07, 6.45) is -2.21. The number of fused-ring (bicyclic) bond motifs is 1. The Balaban J connectivity index is 1.40. The van der Waals surface area contributed by atoms with Gasteiger partial charge in [-0.15, -0.1) is 0 Å². The van der Waals surface area contributed by atoms with Gasteiger partial charge in [-0.1, -0.05) is 0 Å². The standard InChI is InChI=1S/C22H22F5N5O3/c23-15-10-13(31-21(33)29-3-1-5-32-6-8-34-9-7-32)11-16(24)19(15)35-17-2-4-28-20-18(17)14(12-30-20)22(25,26)27/h2,4,10-12H,1,3,5-9H2,(H,28,30)(H2,29,31,33). The number of benzene rings is 1. The Morgan fingerprint density at radius 1 is 1.20 bits per heavy atom. The summed E-state index contributed by atoms with van der Waals surface area (Å²) >= 11 is 0. The molecule has 0 atom stereocenters. The van der Waals surface area contributed by atoms with Crippen LogP contribution in [0.5, 0.6) is 11.5 Å². The first-order valence-corrected chi connectivity index (χ1v) is 10.8. The smallest absolute Gasteiger partial charge is 0.418 e. The quantitative estimate of drug-likeness (QED) is 0.329. The number of hydrogen-bond acceptors (Lipinski definition) is 5. The van der Waals surface area contributed by atoms with Gasteiger partial charge in [0.15, 0.2) is 17.4 Å². The number of nitrogens with zero attached hydrogens (tertiary/aromatic N) is 2. The van der Waals surface area contributed by atoms with E-state index in [2.05, 4.69) is 25.5 Å². The van der Waals surface area contributed by atoms with E-state index in [0.717, 1.165) is 44.0 Å². The van der Waals surface area contributed by atoms with Crippen LogP contribution in [-0.4, -0.2) is 60.3 Å². The lowest BCUT2D eigenvalue weighted by Gasteiger charge is -2.26. The van der Waals surface area contributed by atoms with E-state index in [0.29, 0.717) is 32.4 Å². The minimum absolute atomic E-state index is 0.154. The van der Waals surface area contributed by atoms with Crippen LogP contribution in [-0.2, 0) is 10.9 Å². The molecule has 1 fully saturated rings. The van der Waals surface area contributed by atoms with E-state index in [1.807, 2.05) is 0 Å². The van der Waals surface area contributed by atoms with E-state index in [4.69, 9.17) is 9.47 Å². The molecule has 3 N–H and O–H groups in total. The summed E-state index contributed by atoms with van der Waals surface area (Å²) in [6, 6.07) is 2.04. The molecule has 1 aliphatic rings. The highest BCUT2D eigenvalue weighted by molar-refractivity contribution is 5.89. The number of hydrogen-bond donors (Lipinski definition) is 3. The van der Waals surface area contributed by atoms with Crippen LogP contribution in [0, 0.1) is 11.6 Å². The van der Waals surface area contributed by atoms with Crippen LogP contribution in [0.3, 0.4) is 0 Å². The molecular weight excluding hydrogens is 477 g/mol. The van der Waals surface area contributed by atoms with Crippen LogP contribution < -0.4 is 15.4 Å². The molecule has 0 saturated carbocycles. The van der Waals surface area contributed by atoms with Crippen LogP contribution in [0.4, 0.5) is 32.4 Å². The molecule has 0 bridgehead atoms. The summed E-state index contributed by atoms with van der Waals surface area (Å²) in [6.45, 7) is 4.12. The van der Waals surface area contributed by atoms with Crippen molar-refractivity contribution in [2.45, 2.75) is 12.6 Å². The number of halogens is 5. The minimum Gasteiger partial charge on any atom is -0.450 e. The number of alkyl halides is 3. The lowest BCUT2D eigenvalue weighted by molar-refractivity contribution is -0.136. The van der Waals surface area contributed by atoms with Gasteiger partial charge in [0.25, 0.3) is 0 Å². The zero-order chi connectivity index (χ0) is 25.0. The average molecular weight is 499 g/mol. The molecule has 3 heterocycles. The fourth-order valence-corrected chi connectivity index (χ4v) is 3.68. The van der Waals surface area contributed by atoms with Crippen molar-refractivity contribution in [1.29, 1.82) is 0 Å². The van der Waals surface area contributed by atoms with Gasteiger partial charge >= 0.3 is 12.2 Å². The molecule has 2 aromatic heterocycles. The first-order valence-electron chi connectivity index (χ1n) is 10.8. The molecule has 188 valence electrons. The number of morpholine rings is 1. The van der Waals surface area contributed by atoms with Crippen LogP contribution in [0.25, 0.3) is 11.0 Å². The number of carbonyl (C=O) groups excluding carboxylic acids is 1. The third-order valence-corrected chi connectivity index (χ3v) is 5.35. The van der Waals surface area contributed by atoms with Gasteiger partial charge in [-0.05, 0) is 19.0 Å². The van der Waals surface area contributed by atoms with Crippen molar-refractivity contribution >= 4 is 22.8 Å². The second-order valence-electron chi connectivity index (χ2n) is 7.79. The van der Waals surface area contributed by atoms with Crippen LogP contribution in [0.15, 0.2) is 30.6 Å². The number of aromatic amines is 1. The van der Waals surface area contributed by atoms with E-state index in [-0.39, 0.29) is 11.3 Å². The van der Waals surface area contributed by atoms with E-state index < -0.39 is 46.3 Å². The van der Waals surface area contributed by atoms with Gasteiger partial charge in [0.1, 0.15) is 11.4 Å². The molecule has 1 saturated heterocycles. The topological polar surface area (TPSA) is 91.5 Å². The van der Waals surface area contributed by atoms with E-state index in [1.165, 1.54) is 0 Å². The molecule has 8 nitrogen and oxygen atoms in total. The van der Waals surface area contributed by atoms with Crippen molar-refractivity contribution in [3.05, 3.63) is 47.8 Å². The van der Waals surface area contributed by atoms with Gasteiger partial charge in [0.05, 0.1) is 24.2 Å². The molecule has 35 heavy (non-hydrogen) atoms. The molecule has 4 rings (SSSR count). The largest absolute Gasteiger partial charge is 0.450 e. The number of ether oxygens (including phenoxy) is 2. The van der Waals surface area contributed by atoms with Crippen LogP contribution >= 0.6 is 0 Å². The summed E-state index contributed by atoms with van der Waals surface area (Å²) in [5.41, 5.74) is -1.42. The maximum Gasteiger partial charge on any atom is 0.418 e. The van der Waals surface area contributed by atoms with Gasteiger partial charge in [0, 0.05) is 49.8 Å². The van der Waals surface area contributed by atoms with Crippen molar-refractivity contribution in [2.75, 3.05) is 44.7 Å². The number of H-pyrrole nitrogens is 1. The Labute approximate surface area is 196 Å². The maximum absolute atomic E-state index is 14.6. The molecule has 2 amide bonds. The zero-order valence-electron chi connectivity index (χ0n) is 18.3. The van der Waals surface area contributed by atoms with E-state index >= 15 is 0 Å². The predicted octanol–water partition coefficient (Wildman–Crippen LogP) is 4.50. The molecular formula is C22H22F5N5O3. The van der Waals surface area contributed by atoms with Crippen molar-refractivity contribution in [1.82, 2.24) is 20.2 Å². The Kier molecular flexibility index (Phi) is 7.36. The summed E-state index contributed by atoms with van der Waals surface area (Å²) in [4.78, 5) is 20.4. The Morgan fingerprint density at radius 2 is 1.91 bits per heavy atom. The highest BCUT2D eigenvalue weighted by atomic mass is 19.4. The molecule has 0 spiro atoms. The van der Waals surface area contributed by atoms with Gasteiger partial charge in [-0.25, -0.2) is 18.6 Å². The van der Waals surface area contributed by atoms with Crippen molar-refractivity contribution in [3.8, 4) is 11.5 Å². The van der Waals surface area contributed by atoms with Crippen molar-refractivity contribution in [3.63, 3.8) is 0 Å². The first-order chi connectivity index (χ1) is 16.7. The monoisotopic (exact) mass is 499 g/mol. The number of pyridine rings is 1. The number of aromatic nitrogens is 2. The summed E-state index contributed by atoms with van der Waals surface area (Å²) < 4.78 is 79.6. The summed E-state index contributed by atoms with van der Waals surface area (Å²) in [5.74, 6) is -3.76. The molecule has 0 aliphatic carbocycles. The normalized spacial score (nSPS) is 14.8. The van der Waals surface area contributed by atoms with Gasteiger partial charge in [-0.2, -0.15) is 13.2 Å². The molecule has 3 aromatic rings. The number of amides is 2. The molecule has 1 aliphatic heterocycles. The molecule has 0 radical (unpaired) electrons. The number of carbonyl (C=O) groups is 1.